The van der Waals surface area contributed by atoms with Crippen LogP contribution in [0, 0.1) is 0 Å². The van der Waals surface area contributed by atoms with Crippen LogP contribution in [0.3, 0.4) is 0 Å². The lowest BCUT2D eigenvalue weighted by Crippen LogP contribution is -2.42. The summed E-state index contributed by atoms with van der Waals surface area (Å²) in [6.45, 7) is 12.1. The fraction of sp³-hybridized carbons (Fsp3) is 0.857. The smallest absolute Gasteiger partial charge is 0.191 e. The number of aliphatic imine (C=N–C) groups is 1. The molecule has 0 fully saturated rings. The number of rotatable bonds is 11. The molecule has 1 atom stereocenters. The molecule has 0 saturated carbocycles. The number of hydrogen-bond acceptors (Lipinski definition) is 4. The quantitative estimate of drug-likeness (QED) is 0.203. The highest BCUT2D eigenvalue weighted by atomic mass is 127. The van der Waals surface area contributed by atoms with Crippen molar-refractivity contribution in [3.05, 3.63) is 11.6 Å². The van der Waals surface area contributed by atoms with Crippen molar-refractivity contribution >= 4 is 29.9 Å². The number of guanidine groups is 1. The van der Waals surface area contributed by atoms with Crippen molar-refractivity contribution < 1.29 is 0 Å². The lowest BCUT2D eigenvalue weighted by atomic mass is 10.2. The first-order chi connectivity index (χ1) is 13.7. The predicted molar refractivity (Wildman–Crippen MR) is 132 cm³/mol. The minimum Gasteiger partial charge on any atom is -0.356 e. The van der Waals surface area contributed by atoms with E-state index in [0.717, 1.165) is 63.6 Å². The molecular formula is C21H42IN7. The molecule has 0 bridgehead atoms. The molecule has 168 valence electrons. The normalized spacial score (nSPS) is 15.4. The van der Waals surface area contributed by atoms with Crippen molar-refractivity contribution in [3.8, 4) is 0 Å². The Morgan fingerprint density at radius 1 is 1.17 bits per heavy atom. The molecular weight excluding hydrogens is 477 g/mol. The Balaban J connectivity index is 0.00000420. The number of nitrogens with one attached hydrogen (secondary N) is 2. The molecule has 0 saturated heterocycles. The maximum absolute atomic E-state index is 4.42. The highest BCUT2D eigenvalue weighted by Gasteiger charge is 2.14. The van der Waals surface area contributed by atoms with Gasteiger partial charge in [0.15, 0.2) is 5.96 Å². The number of aromatic nitrogens is 3. The van der Waals surface area contributed by atoms with Gasteiger partial charge in [0.25, 0.3) is 0 Å². The summed E-state index contributed by atoms with van der Waals surface area (Å²) < 4.78 is 2.35. The van der Waals surface area contributed by atoms with Crippen LogP contribution in [0.5, 0.6) is 0 Å². The fourth-order valence-electron chi connectivity index (χ4n) is 3.84. The summed E-state index contributed by atoms with van der Waals surface area (Å²) in [7, 11) is 1.84. The van der Waals surface area contributed by atoms with Crippen molar-refractivity contribution in [1.29, 1.82) is 0 Å². The number of fused-ring (bicyclic) bond motifs is 1. The van der Waals surface area contributed by atoms with E-state index in [1.165, 1.54) is 38.1 Å². The van der Waals surface area contributed by atoms with E-state index in [4.69, 9.17) is 0 Å². The Morgan fingerprint density at radius 2 is 1.97 bits per heavy atom. The summed E-state index contributed by atoms with van der Waals surface area (Å²) in [6.07, 6.45) is 9.25. The van der Waals surface area contributed by atoms with E-state index in [-0.39, 0.29) is 24.0 Å². The Bertz CT molecular complexity index is 584. The fourth-order valence-corrected chi connectivity index (χ4v) is 3.84. The third-order valence-electron chi connectivity index (χ3n) is 5.67. The molecule has 1 unspecified atom stereocenters. The molecule has 1 aromatic heterocycles. The van der Waals surface area contributed by atoms with Crippen LogP contribution in [0.25, 0.3) is 0 Å². The molecule has 2 heterocycles. The van der Waals surface area contributed by atoms with Crippen molar-refractivity contribution in [2.24, 2.45) is 4.99 Å². The maximum atomic E-state index is 4.42. The van der Waals surface area contributed by atoms with Gasteiger partial charge in [-0.05, 0) is 58.7 Å². The molecule has 1 aliphatic rings. The van der Waals surface area contributed by atoms with Gasteiger partial charge in [0.2, 0.25) is 0 Å². The standard InChI is InChI=1S/C21H41N7.HI/c1-5-27(6-2)16-11-12-18(3)24-21(22-4)23-15-10-14-20-26-25-19-13-8-7-9-17-28(19)20;/h18H,5-17H2,1-4H3,(H2,22,23,24);1H. The summed E-state index contributed by atoms with van der Waals surface area (Å²) >= 11 is 0. The number of aryl methyl sites for hydroxylation is 2. The van der Waals surface area contributed by atoms with Crippen molar-refractivity contribution in [2.45, 2.75) is 84.7 Å². The molecule has 29 heavy (non-hydrogen) atoms. The first kappa shape index (κ1) is 26.1. The van der Waals surface area contributed by atoms with Crippen LogP contribution < -0.4 is 10.6 Å². The lowest BCUT2D eigenvalue weighted by molar-refractivity contribution is 0.292. The zero-order valence-corrected chi connectivity index (χ0v) is 21.2. The van der Waals surface area contributed by atoms with Gasteiger partial charge >= 0.3 is 0 Å². The molecule has 1 aromatic rings. The summed E-state index contributed by atoms with van der Waals surface area (Å²) in [5.74, 6) is 3.22. The molecule has 0 amide bonds. The molecule has 0 spiro atoms. The van der Waals surface area contributed by atoms with Crippen LogP contribution in [0.1, 0.15) is 70.9 Å². The van der Waals surface area contributed by atoms with Gasteiger partial charge in [-0.3, -0.25) is 4.99 Å². The first-order valence-corrected chi connectivity index (χ1v) is 11.3. The molecule has 2 N–H and O–H groups in total. The Hall–Kier alpha value is -0.900. The van der Waals surface area contributed by atoms with Gasteiger partial charge < -0.3 is 20.1 Å². The SMILES string of the molecule is CCN(CC)CCCC(C)NC(=NC)NCCCc1nnc2n1CCCCC2.I. The predicted octanol–water partition coefficient (Wildman–Crippen LogP) is 3.23. The average Bonchev–Trinajstić information content (AvgIpc) is 2.93. The van der Waals surface area contributed by atoms with E-state index >= 15 is 0 Å². The third-order valence-corrected chi connectivity index (χ3v) is 5.67. The molecule has 1 aliphatic heterocycles. The van der Waals surface area contributed by atoms with E-state index in [2.05, 4.69) is 56.1 Å². The Morgan fingerprint density at radius 3 is 2.69 bits per heavy atom. The van der Waals surface area contributed by atoms with Gasteiger partial charge in [0.1, 0.15) is 11.6 Å². The van der Waals surface area contributed by atoms with Gasteiger partial charge in [-0.25, -0.2) is 0 Å². The van der Waals surface area contributed by atoms with E-state index < -0.39 is 0 Å². The van der Waals surface area contributed by atoms with Crippen LogP contribution in [0.15, 0.2) is 4.99 Å². The van der Waals surface area contributed by atoms with Crippen LogP contribution in [0.2, 0.25) is 0 Å². The summed E-state index contributed by atoms with van der Waals surface area (Å²) in [5.41, 5.74) is 0. The highest BCUT2D eigenvalue weighted by molar-refractivity contribution is 14.0. The van der Waals surface area contributed by atoms with Gasteiger partial charge in [0.05, 0.1) is 0 Å². The largest absolute Gasteiger partial charge is 0.356 e. The zero-order chi connectivity index (χ0) is 20.2. The number of halogens is 1. The highest BCUT2D eigenvalue weighted by Crippen LogP contribution is 2.15. The van der Waals surface area contributed by atoms with Crippen LogP contribution in [-0.2, 0) is 19.4 Å². The number of hydrogen-bond donors (Lipinski definition) is 2. The van der Waals surface area contributed by atoms with Gasteiger partial charge in [-0.2, -0.15) is 0 Å². The Kier molecular flexibility index (Phi) is 13.5. The average molecular weight is 520 g/mol. The second-order valence-electron chi connectivity index (χ2n) is 7.81. The monoisotopic (exact) mass is 519 g/mol. The van der Waals surface area contributed by atoms with Crippen LogP contribution >= 0.6 is 24.0 Å². The number of nitrogens with zero attached hydrogens (tertiary/aromatic N) is 5. The van der Waals surface area contributed by atoms with Crippen LogP contribution in [-0.4, -0.2) is 64.9 Å². The second kappa shape index (κ2) is 15.0. The minimum atomic E-state index is 0. The zero-order valence-electron chi connectivity index (χ0n) is 18.9. The van der Waals surface area contributed by atoms with Gasteiger partial charge in [0, 0.05) is 39.0 Å². The second-order valence-corrected chi connectivity index (χ2v) is 7.81. The molecule has 0 aromatic carbocycles. The summed E-state index contributed by atoms with van der Waals surface area (Å²) in [6, 6.07) is 0.425. The molecule has 0 aliphatic carbocycles. The molecule has 0 radical (unpaired) electrons. The first-order valence-electron chi connectivity index (χ1n) is 11.3. The maximum Gasteiger partial charge on any atom is 0.191 e. The van der Waals surface area contributed by atoms with E-state index in [9.17, 15) is 0 Å². The van der Waals surface area contributed by atoms with Crippen LogP contribution in [0.4, 0.5) is 0 Å². The molecule has 8 heteroatoms. The van der Waals surface area contributed by atoms with Crippen molar-refractivity contribution in [3.63, 3.8) is 0 Å². The van der Waals surface area contributed by atoms with Gasteiger partial charge in [-0.1, -0.05) is 20.3 Å². The molecule has 2 rings (SSSR count). The van der Waals surface area contributed by atoms with Crippen molar-refractivity contribution in [2.75, 3.05) is 33.2 Å². The van der Waals surface area contributed by atoms with Gasteiger partial charge in [-0.15, -0.1) is 34.2 Å². The molecule has 7 nitrogen and oxygen atoms in total. The lowest BCUT2D eigenvalue weighted by Gasteiger charge is -2.21. The topological polar surface area (TPSA) is 70.4 Å². The summed E-state index contributed by atoms with van der Waals surface area (Å²) in [5, 5.41) is 15.8. The third kappa shape index (κ3) is 9.19. The minimum absolute atomic E-state index is 0. The van der Waals surface area contributed by atoms with Crippen molar-refractivity contribution in [1.82, 2.24) is 30.3 Å². The Labute approximate surface area is 194 Å². The summed E-state index contributed by atoms with van der Waals surface area (Å²) in [4.78, 5) is 6.85. The van der Waals surface area contributed by atoms with E-state index in [1.807, 2.05) is 7.05 Å². The van der Waals surface area contributed by atoms with E-state index in [0.29, 0.717) is 6.04 Å². The van der Waals surface area contributed by atoms with E-state index in [1.54, 1.807) is 0 Å².